The number of rotatable bonds is 3. The molecule has 0 unspecified atom stereocenters. The second-order valence-electron chi connectivity index (χ2n) is 6.59. The van der Waals surface area contributed by atoms with Gasteiger partial charge < -0.3 is 14.2 Å². The molecule has 0 atom stereocenters. The maximum absolute atomic E-state index is 12.6. The van der Waals surface area contributed by atoms with Crippen LogP contribution in [-0.4, -0.2) is 61.9 Å². The summed E-state index contributed by atoms with van der Waals surface area (Å²) in [7, 11) is 0. The number of nitrogens with zero attached hydrogens (tertiary/aromatic N) is 7. The molecular weight excluding hydrogens is 438 g/mol. The predicted octanol–water partition coefficient (Wildman–Crippen LogP) is 2.53. The van der Waals surface area contributed by atoms with Crippen molar-refractivity contribution in [3.63, 3.8) is 0 Å². The van der Waals surface area contributed by atoms with Crippen molar-refractivity contribution in [1.82, 2.24) is 29.9 Å². The van der Waals surface area contributed by atoms with Gasteiger partial charge in [0.25, 0.3) is 5.91 Å². The minimum atomic E-state index is -0.113. The quantitative estimate of drug-likeness (QED) is 0.470. The average Bonchev–Trinajstić information content (AvgIpc) is 3.40. The molecule has 1 aliphatic heterocycles. The fraction of sp³-hybridized carbons (Fsp3) is 0.211. The Kier molecular flexibility index (Phi) is 4.47. The lowest BCUT2D eigenvalue weighted by molar-refractivity contribution is 0.0713. The summed E-state index contributed by atoms with van der Waals surface area (Å²) in [6, 6.07) is 13.1. The van der Waals surface area contributed by atoms with E-state index in [1.807, 2.05) is 30.3 Å². The van der Waals surface area contributed by atoms with Crippen LogP contribution in [0, 0.1) is 0 Å². The van der Waals surface area contributed by atoms with Crippen LogP contribution in [0.5, 0.6) is 0 Å². The van der Waals surface area contributed by atoms with Crippen molar-refractivity contribution in [2.75, 3.05) is 31.1 Å². The predicted molar refractivity (Wildman–Crippen MR) is 109 cm³/mol. The molecule has 1 aromatic carbocycles. The number of para-hydroxylation sites is 1. The molecule has 3 aromatic heterocycles. The van der Waals surface area contributed by atoms with Crippen LogP contribution in [0.2, 0.25) is 0 Å². The van der Waals surface area contributed by atoms with Gasteiger partial charge in [-0.05, 0) is 40.2 Å². The summed E-state index contributed by atoms with van der Waals surface area (Å²) < 4.78 is 7.63. The minimum absolute atomic E-state index is 0.113. The van der Waals surface area contributed by atoms with Crippen LogP contribution in [0.1, 0.15) is 10.6 Å². The van der Waals surface area contributed by atoms with Gasteiger partial charge in [0.2, 0.25) is 0 Å². The van der Waals surface area contributed by atoms with Crippen molar-refractivity contribution < 1.29 is 9.21 Å². The van der Waals surface area contributed by atoms with E-state index >= 15 is 0 Å². The van der Waals surface area contributed by atoms with E-state index in [-0.39, 0.29) is 5.91 Å². The van der Waals surface area contributed by atoms with Crippen molar-refractivity contribution >= 4 is 38.8 Å². The molecule has 29 heavy (non-hydrogen) atoms. The van der Waals surface area contributed by atoms with E-state index in [2.05, 4.69) is 41.1 Å². The molecule has 4 aromatic rings. The molecule has 4 heterocycles. The van der Waals surface area contributed by atoms with Crippen LogP contribution in [0.25, 0.3) is 16.9 Å². The number of carbonyl (C=O) groups excluding carboxylic acids is 1. The van der Waals surface area contributed by atoms with Crippen molar-refractivity contribution in [2.45, 2.75) is 0 Å². The molecule has 0 bridgehead atoms. The Morgan fingerprint density at radius 2 is 1.79 bits per heavy atom. The maximum atomic E-state index is 12.6. The number of amides is 1. The first-order valence-electron chi connectivity index (χ1n) is 9.12. The number of piperazine rings is 1. The number of aromatic nitrogens is 5. The molecule has 0 N–H and O–H groups in total. The van der Waals surface area contributed by atoms with Crippen LogP contribution in [-0.2, 0) is 0 Å². The second kappa shape index (κ2) is 7.28. The molecule has 10 heteroatoms. The number of halogens is 1. The maximum Gasteiger partial charge on any atom is 0.289 e. The fourth-order valence-corrected chi connectivity index (χ4v) is 3.72. The van der Waals surface area contributed by atoms with Gasteiger partial charge in [0.1, 0.15) is 6.33 Å². The molecule has 0 saturated carbocycles. The minimum Gasteiger partial charge on any atom is -0.444 e. The molecule has 1 saturated heterocycles. The molecule has 0 aliphatic carbocycles. The largest absolute Gasteiger partial charge is 0.444 e. The van der Waals surface area contributed by atoms with Gasteiger partial charge in [0, 0.05) is 26.2 Å². The lowest BCUT2D eigenvalue weighted by Crippen LogP contribution is -2.49. The van der Waals surface area contributed by atoms with Gasteiger partial charge in [0.05, 0.1) is 5.69 Å². The highest BCUT2D eigenvalue weighted by Crippen LogP contribution is 2.24. The van der Waals surface area contributed by atoms with E-state index < -0.39 is 0 Å². The van der Waals surface area contributed by atoms with E-state index in [4.69, 9.17) is 4.42 Å². The Balaban J connectivity index is 1.37. The third-order valence-electron chi connectivity index (χ3n) is 4.87. The highest BCUT2D eigenvalue weighted by Gasteiger charge is 2.26. The summed E-state index contributed by atoms with van der Waals surface area (Å²) in [6.45, 7) is 2.40. The molecule has 1 aliphatic rings. The number of anilines is 1. The molecular formula is C19H16BrN7O2. The van der Waals surface area contributed by atoms with Crippen LogP contribution in [0.4, 0.5) is 5.82 Å². The summed E-state index contributed by atoms with van der Waals surface area (Å²) in [5, 5.41) is 8.58. The Labute approximate surface area is 174 Å². The SMILES string of the molecule is O=C(c1ccc(Br)o1)N1CCN(c2ncnc3c2nnn3-c2ccccc2)CC1. The van der Waals surface area contributed by atoms with Gasteiger partial charge in [-0.3, -0.25) is 4.79 Å². The van der Waals surface area contributed by atoms with Crippen molar-refractivity contribution in [3.05, 3.63) is 59.2 Å². The molecule has 9 nitrogen and oxygen atoms in total. The lowest BCUT2D eigenvalue weighted by Gasteiger charge is -2.34. The number of benzene rings is 1. The topological polar surface area (TPSA) is 93.2 Å². The Morgan fingerprint density at radius 3 is 2.52 bits per heavy atom. The molecule has 5 rings (SSSR count). The van der Waals surface area contributed by atoms with Gasteiger partial charge in [-0.25, -0.2) is 9.97 Å². The number of hydrogen-bond acceptors (Lipinski definition) is 7. The molecule has 1 amide bonds. The van der Waals surface area contributed by atoms with Crippen molar-refractivity contribution in [2.24, 2.45) is 0 Å². The smallest absolute Gasteiger partial charge is 0.289 e. The first kappa shape index (κ1) is 17.8. The normalized spacial score (nSPS) is 14.5. The van der Waals surface area contributed by atoms with E-state index in [9.17, 15) is 4.79 Å². The number of carbonyl (C=O) groups is 1. The third-order valence-corrected chi connectivity index (χ3v) is 5.30. The summed E-state index contributed by atoms with van der Waals surface area (Å²) in [6.07, 6.45) is 1.53. The first-order chi connectivity index (χ1) is 14.2. The zero-order chi connectivity index (χ0) is 19.8. The van der Waals surface area contributed by atoms with Gasteiger partial charge in [-0.15, -0.1) is 5.10 Å². The third kappa shape index (κ3) is 3.25. The number of hydrogen-bond donors (Lipinski definition) is 0. The zero-order valence-electron chi connectivity index (χ0n) is 15.3. The van der Waals surface area contributed by atoms with E-state index in [1.165, 1.54) is 6.33 Å². The fourth-order valence-electron chi connectivity index (χ4n) is 3.42. The Bertz CT molecular complexity index is 1170. The van der Waals surface area contributed by atoms with Crippen molar-refractivity contribution in [1.29, 1.82) is 0 Å². The van der Waals surface area contributed by atoms with Crippen LogP contribution in [0.15, 0.2) is 57.9 Å². The first-order valence-corrected chi connectivity index (χ1v) is 9.91. The van der Waals surface area contributed by atoms with E-state index in [0.717, 1.165) is 11.5 Å². The van der Waals surface area contributed by atoms with Crippen LogP contribution < -0.4 is 4.90 Å². The van der Waals surface area contributed by atoms with Gasteiger partial charge in [-0.1, -0.05) is 23.4 Å². The van der Waals surface area contributed by atoms with Crippen molar-refractivity contribution in [3.8, 4) is 5.69 Å². The summed E-state index contributed by atoms with van der Waals surface area (Å²) in [4.78, 5) is 25.3. The monoisotopic (exact) mass is 453 g/mol. The molecule has 1 fully saturated rings. The summed E-state index contributed by atoms with van der Waals surface area (Å²) in [5.74, 6) is 0.948. The number of fused-ring (bicyclic) bond motifs is 1. The van der Waals surface area contributed by atoms with E-state index in [1.54, 1.807) is 21.7 Å². The van der Waals surface area contributed by atoms with Crippen LogP contribution >= 0.6 is 15.9 Å². The Morgan fingerprint density at radius 1 is 1.00 bits per heavy atom. The summed E-state index contributed by atoms with van der Waals surface area (Å²) >= 11 is 3.23. The second-order valence-corrected chi connectivity index (χ2v) is 7.37. The van der Waals surface area contributed by atoms with Gasteiger partial charge in [-0.2, -0.15) is 4.68 Å². The zero-order valence-corrected chi connectivity index (χ0v) is 16.9. The Hall–Kier alpha value is -3.27. The average molecular weight is 454 g/mol. The highest BCUT2D eigenvalue weighted by atomic mass is 79.9. The standard InChI is InChI=1S/C19H16BrN7O2/c20-15-7-6-14(29-15)19(28)26-10-8-25(9-11-26)17-16-18(22-12-21-17)27(24-23-16)13-4-2-1-3-5-13/h1-7,12H,8-11H2. The van der Waals surface area contributed by atoms with Gasteiger partial charge in [0.15, 0.2) is 27.4 Å². The molecule has 0 radical (unpaired) electrons. The molecule has 0 spiro atoms. The highest BCUT2D eigenvalue weighted by molar-refractivity contribution is 9.10. The molecule has 146 valence electrons. The number of furan rings is 1. The van der Waals surface area contributed by atoms with Crippen LogP contribution in [0.3, 0.4) is 0 Å². The summed E-state index contributed by atoms with van der Waals surface area (Å²) in [5.41, 5.74) is 2.19. The van der Waals surface area contributed by atoms with E-state index in [0.29, 0.717) is 47.8 Å². The lowest BCUT2D eigenvalue weighted by atomic mass is 10.2. The van der Waals surface area contributed by atoms with Gasteiger partial charge >= 0.3 is 0 Å².